The average Bonchev–Trinajstić information content (AvgIpc) is 2.88. The first-order valence-corrected chi connectivity index (χ1v) is 7.07. The molecule has 6 heteroatoms. The van der Waals surface area contributed by atoms with Crippen LogP contribution in [0.3, 0.4) is 0 Å². The van der Waals surface area contributed by atoms with Crippen molar-refractivity contribution in [3.8, 4) is 0 Å². The molecule has 0 saturated carbocycles. The van der Waals surface area contributed by atoms with Crippen molar-refractivity contribution in [1.82, 2.24) is 14.5 Å². The van der Waals surface area contributed by atoms with E-state index < -0.39 is 0 Å². The molecule has 0 spiro atoms. The fourth-order valence-electron chi connectivity index (χ4n) is 2.28. The molecule has 3 rings (SSSR count). The smallest absolute Gasteiger partial charge is 0.146 e. The molecule has 3 aromatic rings. The largest absolute Gasteiger partial charge is 0.383 e. The number of nitrogen functional groups attached to an aromatic ring is 1. The Labute approximate surface area is 119 Å². The van der Waals surface area contributed by atoms with Gasteiger partial charge in [-0.3, -0.25) is 0 Å². The molecule has 98 valence electrons. The highest BCUT2D eigenvalue weighted by molar-refractivity contribution is 7.16. The molecule has 3 aromatic heterocycles. The Morgan fingerprint density at radius 3 is 2.79 bits per heavy atom. The summed E-state index contributed by atoms with van der Waals surface area (Å²) in [5, 5.41) is 0.947. The van der Waals surface area contributed by atoms with E-state index in [0.717, 1.165) is 33.2 Å². The highest BCUT2D eigenvalue weighted by atomic mass is 35.5. The van der Waals surface area contributed by atoms with Crippen LogP contribution in [0.4, 0.5) is 5.82 Å². The summed E-state index contributed by atoms with van der Waals surface area (Å²) in [5.74, 6) is 0.536. The fourth-order valence-corrected chi connectivity index (χ4v) is 3.36. The molecule has 0 aromatic carbocycles. The normalized spacial score (nSPS) is 11.3. The first-order valence-electron chi connectivity index (χ1n) is 5.88. The van der Waals surface area contributed by atoms with Crippen LogP contribution >= 0.6 is 22.9 Å². The molecule has 0 bridgehead atoms. The molecule has 0 saturated heterocycles. The highest BCUT2D eigenvalue weighted by Crippen LogP contribution is 2.29. The van der Waals surface area contributed by atoms with E-state index in [1.165, 1.54) is 11.2 Å². The number of hydrogen-bond donors (Lipinski definition) is 1. The predicted molar refractivity (Wildman–Crippen MR) is 79.8 cm³/mol. The maximum absolute atomic E-state index is 5.98. The van der Waals surface area contributed by atoms with Crippen molar-refractivity contribution in [2.45, 2.75) is 20.4 Å². The van der Waals surface area contributed by atoms with Gasteiger partial charge in [-0.05, 0) is 31.5 Å². The topological polar surface area (TPSA) is 56.7 Å². The Kier molecular flexibility index (Phi) is 2.95. The average molecular weight is 293 g/mol. The lowest BCUT2D eigenvalue weighted by Crippen LogP contribution is -2.02. The zero-order valence-corrected chi connectivity index (χ0v) is 12.2. The van der Waals surface area contributed by atoms with Crippen LogP contribution in [0.1, 0.15) is 16.1 Å². The summed E-state index contributed by atoms with van der Waals surface area (Å²) in [6.45, 7) is 4.88. The van der Waals surface area contributed by atoms with Crippen molar-refractivity contribution >= 4 is 39.8 Å². The number of hydrogen-bond acceptors (Lipinski definition) is 4. The molecule has 0 atom stereocenters. The number of rotatable bonds is 2. The summed E-state index contributed by atoms with van der Waals surface area (Å²) < 4.78 is 2.96. The zero-order chi connectivity index (χ0) is 13.6. The summed E-state index contributed by atoms with van der Waals surface area (Å²) >= 11 is 7.56. The molecule has 0 amide bonds. The fraction of sp³-hybridized carbons (Fsp3) is 0.231. The third-order valence-corrected chi connectivity index (χ3v) is 4.59. The van der Waals surface area contributed by atoms with Crippen molar-refractivity contribution in [3.05, 3.63) is 38.9 Å². The molecule has 0 aliphatic carbocycles. The molecule has 0 radical (unpaired) electrons. The van der Waals surface area contributed by atoms with Gasteiger partial charge in [-0.25, -0.2) is 9.97 Å². The van der Waals surface area contributed by atoms with Gasteiger partial charge in [0.2, 0.25) is 0 Å². The van der Waals surface area contributed by atoms with E-state index in [2.05, 4.69) is 28.4 Å². The number of nitrogens with zero attached hydrogens (tertiary/aromatic N) is 3. The standard InChI is InChI=1S/C13H13ClN4S/c1-7-8(2)18(5-9-3-4-10(14)19-9)13-11(7)12(15)16-6-17-13/h3-4,6H,5H2,1-2H3,(H2,15,16,17). The summed E-state index contributed by atoms with van der Waals surface area (Å²) in [7, 11) is 0. The molecular formula is C13H13ClN4S. The minimum atomic E-state index is 0.536. The van der Waals surface area contributed by atoms with Crippen LogP contribution in [0.25, 0.3) is 11.0 Å². The molecule has 4 nitrogen and oxygen atoms in total. The molecule has 2 N–H and O–H groups in total. The van der Waals surface area contributed by atoms with E-state index >= 15 is 0 Å². The van der Waals surface area contributed by atoms with Gasteiger partial charge in [-0.2, -0.15) is 0 Å². The van der Waals surface area contributed by atoms with E-state index in [1.807, 2.05) is 12.1 Å². The van der Waals surface area contributed by atoms with E-state index in [1.54, 1.807) is 11.3 Å². The Bertz CT molecular complexity index is 759. The lowest BCUT2D eigenvalue weighted by Gasteiger charge is -2.05. The van der Waals surface area contributed by atoms with Gasteiger partial charge >= 0.3 is 0 Å². The lowest BCUT2D eigenvalue weighted by atomic mass is 10.2. The second-order valence-electron chi connectivity index (χ2n) is 4.46. The van der Waals surface area contributed by atoms with E-state index in [4.69, 9.17) is 17.3 Å². The summed E-state index contributed by atoms with van der Waals surface area (Å²) in [6.07, 6.45) is 1.51. The number of halogens is 1. The first kappa shape index (κ1) is 12.4. The number of aromatic nitrogens is 3. The minimum Gasteiger partial charge on any atom is -0.383 e. The first-order chi connectivity index (χ1) is 9.08. The van der Waals surface area contributed by atoms with E-state index in [0.29, 0.717) is 5.82 Å². The molecule has 0 unspecified atom stereocenters. The zero-order valence-electron chi connectivity index (χ0n) is 10.6. The van der Waals surface area contributed by atoms with Crippen LogP contribution in [0.5, 0.6) is 0 Å². The van der Waals surface area contributed by atoms with Gasteiger partial charge in [-0.1, -0.05) is 11.6 Å². The SMILES string of the molecule is Cc1c(C)n(Cc2ccc(Cl)s2)c2ncnc(N)c12. The number of fused-ring (bicyclic) bond motifs is 1. The second kappa shape index (κ2) is 4.51. The molecular weight excluding hydrogens is 280 g/mol. The minimum absolute atomic E-state index is 0.536. The Morgan fingerprint density at radius 1 is 1.32 bits per heavy atom. The van der Waals surface area contributed by atoms with Crippen molar-refractivity contribution in [1.29, 1.82) is 0 Å². The molecule has 0 aliphatic rings. The maximum atomic E-state index is 5.98. The van der Waals surface area contributed by atoms with Gasteiger partial charge < -0.3 is 10.3 Å². The Balaban J connectivity index is 2.18. The van der Waals surface area contributed by atoms with Crippen LogP contribution in [0, 0.1) is 13.8 Å². The third kappa shape index (κ3) is 1.99. The van der Waals surface area contributed by atoms with Crippen LogP contribution in [0.2, 0.25) is 4.34 Å². The molecule has 0 fully saturated rings. The van der Waals surface area contributed by atoms with Gasteiger partial charge in [0.1, 0.15) is 17.8 Å². The van der Waals surface area contributed by atoms with Crippen LogP contribution in [-0.4, -0.2) is 14.5 Å². The van der Waals surface area contributed by atoms with Crippen molar-refractivity contribution in [2.75, 3.05) is 5.73 Å². The molecule has 3 heterocycles. The molecule has 19 heavy (non-hydrogen) atoms. The van der Waals surface area contributed by atoms with Gasteiger partial charge in [0.15, 0.2) is 0 Å². The van der Waals surface area contributed by atoms with Gasteiger partial charge in [0, 0.05) is 10.6 Å². The van der Waals surface area contributed by atoms with Gasteiger partial charge in [-0.15, -0.1) is 11.3 Å². The highest BCUT2D eigenvalue weighted by Gasteiger charge is 2.15. The predicted octanol–water partition coefficient (Wildman–Crippen LogP) is 3.39. The van der Waals surface area contributed by atoms with Crippen LogP contribution < -0.4 is 5.73 Å². The maximum Gasteiger partial charge on any atom is 0.146 e. The Morgan fingerprint density at radius 2 is 2.11 bits per heavy atom. The van der Waals surface area contributed by atoms with Gasteiger partial charge in [0.25, 0.3) is 0 Å². The summed E-state index contributed by atoms with van der Waals surface area (Å²) in [6, 6.07) is 3.96. The van der Waals surface area contributed by atoms with Crippen molar-refractivity contribution < 1.29 is 0 Å². The third-order valence-electron chi connectivity index (χ3n) is 3.38. The van der Waals surface area contributed by atoms with Crippen LogP contribution in [-0.2, 0) is 6.54 Å². The van der Waals surface area contributed by atoms with Crippen molar-refractivity contribution in [3.63, 3.8) is 0 Å². The van der Waals surface area contributed by atoms with Crippen LogP contribution in [0.15, 0.2) is 18.5 Å². The number of aryl methyl sites for hydroxylation is 1. The molecule has 0 aliphatic heterocycles. The van der Waals surface area contributed by atoms with E-state index in [-0.39, 0.29) is 0 Å². The number of nitrogens with two attached hydrogens (primary N) is 1. The lowest BCUT2D eigenvalue weighted by molar-refractivity contribution is 0.801. The monoisotopic (exact) mass is 292 g/mol. The second-order valence-corrected chi connectivity index (χ2v) is 6.26. The quantitative estimate of drug-likeness (QED) is 0.787. The number of anilines is 1. The summed E-state index contributed by atoms with van der Waals surface area (Å²) in [5.41, 5.74) is 9.13. The van der Waals surface area contributed by atoms with Gasteiger partial charge in [0.05, 0.1) is 16.3 Å². The summed E-state index contributed by atoms with van der Waals surface area (Å²) in [4.78, 5) is 9.64. The Hall–Kier alpha value is -1.59. The number of thiophene rings is 1. The van der Waals surface area contributed by atoms with E-state index in [9.17, 15) is 0 Å². The van der Waals surface area contributed by atoms with Crippen molar-refractivity contribution in [2.24, 2.45) is 0 Å².